The Morgan fingerprint density at radius 2 is 0.556 bits per heavy atom. The van der Waals surface area contributed by atoms with Crippen molar-refractivity contribution in [3.63, 3.8) is 0 Å². The van der Waals surface area contributed by atoms with Crippen LogP contribution >= 0.6 is 0 Å². The summed E-state index contributed by atoms with van der Waals surface area (Å²) in [5.41, 5.74) is 0. The maximum atomic E-state index is 13.0. The highest BCUT2D eigenvalue weighted by Gasteiger charge is 2.94. The van der Waals surface area contributed by atoms with Gasteiger partial charge in [-0.1, -0.05) is 0 Å². The quantitative estimate of drug-likeness (QED) is 0.566. The molecule has 2 N–H and O–H groups in total. The number of aliphatic carboxylic acids is 2. The Hall–Kier alpha value is -2.04. The maximum Gasteiger partial charge on any atom is 0.410 e. The number of carboxylic acids is 2. The monoisotopic (exact) mass is 440 g/mol. The number of rotatable bonds is 8. The zero-order chi connectivity index (χ0) is 22.7. The summed E-state index contributed by atoms with van der Waals surface area (Å²) >= 11 is 0. The van der Waals surface area contributed by atoms with E-state index in [-0.39, 0.29) is 0 Å². The molecule has 0 aromatic rings. The molecule has 0 aromatic carbocycles. The molecule has 0 radical (unpaired) electrons. The number of halogens is 14. The fourth-order valence-electron chi connectivity index (χ4n) is 1.25. The standard InChI is InChI=1S/C9H2F14O4/c10-3(11,1(24)25)5(14,15)7(18,19)9(22,23)8(20,21)6(16,17)4(12,13)2(26)27/h(H,24,25)(H,26,27). The molecule has 27 heavy (non-hydrogen) atoms. The first-order valence-electron chi connectivity index (χ1n) is 5.50. The third-order valence-corrected chi connectivity index (χ3v) is 2.90. The number of alkyl halides is 14. The molecule has 18 heteroatoms. The lowest BCUT2D eigenvalue weighted by molar-refractivity contribution is -0.435. The molecule has 0 aliphatic rings. The smallest absolute Gasteiger partial charge is 0.410 e. The van der Waals surface area contributed by atoms with Crippen LogP contribution in [0.1, 0.15) is 0 Å². The number of carboxylic acid groups (broad SMARTS) is 2. The van der Waals surface area contributed by atoms with Gasteiger partial charge in [-0.05, 0) is 0 Å². The van der Waals surface area contributed by atoms with E-state index in [9.17, 15) is 71.1 Å². The van der Waals surface area contributed by atoms with Gasteiger partial charge in [0.15, 0.2) is 0 Å². The minimum Gasteiger partial charge on any atom is -0.477 e. The fraction of sp³-hybridized carbons (Fsp3) is 0.778. The van der Waals surface area contributed by atoms with Crippen molar-refractivity contribution in [3.8, 4) is 0 Å². The Labute approximate surface area is 136 Å². The Morgan fingerprint density at radius 3 is 0.704 bits per heavy atom. The lowest BCUT2D eigenvalue weighted by atomic mass is 9.89. The first kappa shape index (κ1) is 25.0. The molecule has 0 atom stereocenters. The minimum atomic E-state index is -8.51. The summed E-state index contributed by atoms with van der Waals surface area (Å²) in [5, 5.41) is 15.3. The molecule has 0 aliphatic heterocycles. The number of carbonyl (C=O) groups is 2. The molecule has 0 unspecified atom stereocenters. The van der Waals surface area contributed by atoms with Gasteiger partial charge in [-0.3, -0.25) is 0 Å². The predicted molar refractivity (Wildman–Crippen MR) is 49.9 cm³/mol. The molecular weight excluding hydrogens is 438 g/mol. The van der Waals surface area contributed by atoms with Crippen LogP contribution < -0.4 is 0 Å². The molecular formula is C9H2F14O4. The van der Waals surface area contributed by atoms with Crippen LogP contribution in [0.3, 0.4) is 0 Å². The van der Waals surface area contributed by atoms with Crippen molar-refractivity contribution in [1.82, 2.24) is 0 Å². The van der Waals surface area contributed by atoms with E-state index in [2.05, 4.69) is 0 Å². The van der Waals surface area contributed by atoms with Gasteiger partial charge in [0, 0.05) is 0 Å². The molecule has 0 saturated heterocycles. The summed E-state index contributed by atoms with van der Waals surface area (Å²) in [5.74, 6) is -64.5. The summed E-state index contributed by atoms with van der Waals surface area (Å²) in [6.07, 6.45) is 0. The molecule has 0 saturated carbocycles. The third kappa shape index (κ3) is 2.82. The lowest BCUT2D eigenvalue weighted by Crippen LogP contribution is -2.74. The maximum absolute atomic E-state index is 13.0. The molecule has 0 aromatic heterocycles. The largest absolute Gasteiger partial charge is 0.477 e. The average Bonchev–Trinajstić information content (AvgIpc) is 2.45. The third-order valence-electron chi connectivity index (χ3n) is 2.90. The minimum absolute atomic E-state index is 4.30. The van der Waals surface area contributed by atoms with Crippen LogP contribution in [-0.4, -0.2) is 63.6 Å². The van der Waals surface area contributed by atoms with Crippen LogP contribution in [0, 0.1) is 0 Å². The molecule has 0 aliphatic carbocycles. The highest BCUT2D eigenvalue weighted by molar-refractivity contribution is 5.77. The van der Waals surface area contributed by atoms with Gasteiger partial charge in [-0.2, -0.15) is 61.5 Å². The Bertz CT molecular complexity index is 572. The van der Waals surface area contributed by atoms with Crippen molar-refractivity contribution in [3.05, 3.63) is 0 Å². The summed E-state index contributed by atoms with van der Waals surface area (Å²) in [6, 6.07) is 0. The molecule has 0 rings (SSSR count). The summed E-state index contributed by atoms with van der Waals surface area (Å²) in [7, 11) is 0. The summed E-state index contributed by atoms with van der Waals surface area (Å²) in [4.78, 5) is 19.6. The molecule has 0 spiro atoms. The number of hydrogen-bond donors (Lipinski definition) is 2. The second-order valence-corrected chi connectivity index (χ2v) is 4.63. The van der Waals surface area contributed by atoms with Crippen molar-refractivity contribution in [2.45, 2.75) is 41.5 Å². The Balaban J connectivity index is 6.70. The van der Waals surface area contributed by atoms with Gasteiger partial charge >= 0.3 is 53.4 Å². The van der Waals surface area contributed by atoms with Crippen LogP contribution in [0.5, 0.6) is 0 Å². The van der Waals surface area contributed by atoms with E-state index in [4.69, 9.17) is 10.2 Å². The average molecular weight is 440 g/mol. The van der Waals surface area contributed by atoms with E-state index in [1.165, 1.54) is 0 Å². The van der Waals surface area contributed by atoms with Crippen molar-refractivity contribution < 1.29 is 81.3 Å². The van der Waals surface area contributed by atoms with Crippen molar-refractivity contribution in [1.29, 1.82) is 0 Å². The zero-order valence-electron chi connectivity index (χ0n) is 11.5. The first-order chi connectivity index (χ1) is 11.4. The van der Waals surface area contributed by atoms with Crippen LogP contribution in [0.4, 0.5) is 61.5 Å². The van der Waals surface area contributed by atoms with Crippen molar-refractivity contribution in [2.75, 3.05) is 0 Å². The summed E-state index contributed by atoms with van der Waals surface area (Å²) < 4.78 is 180. The molecule has 160 valence electrons. The molecule has 0 fully saturated rings. The zero-order valence-corrected chi connectivity index (χ0v) is 11.5. The van der Waals surface area contributed by atoms with E-state index < -0.39 is 53.4 Å². The second kappa shape index (κ2) is 5.98. The van der Waals surface area contributed by atoms with E-state index in [1.807, 2.05) is 0 Å². The first-order valence-corrected chi connectivity index (χ1v) is 5.50. The second-order valence-electron chi connectivity index (χ2n) is 4.63. The number of hydrogen-bond acceptors (Lipinski definition) is 2. The Kier molecular flexibility index (Phi) is 5.53. The molecule has 0 heterocycles. The topological polar surface area (TPSA) is 74.6 Å². The van der Waals surface area contributed by atoms with E-state index >= 15 is 0 Å². The van der Waals surface area contributed by atoms with E-state index in [1.54, 1.807) is 0 Å². The van der Waals surface area contributed by atoms with E-state index in [0.717, 1.165) is 0 Å². The van der Waals surface area contributed by atoms with Crippen LogP contribution in [-0.2, 0) is 9.59 Å². The van der Waals surface area contributed by atoms with Crippen LogP contribution in [0.15, 0.2) is 0 Å². The van der Waals surface area contributed by atoms with Gasteiger partial charge in [-0.15, -0.1) is 0 Å². The highest BCUT2D eigenvalue weighted by atomic mass is 19.4. The van der Waals surface area contributed by atoms with Gasteiger partial charge < -0.3 is 10.2 Å². The van der Waals surface area contributed by atoms with Gasteiger partial charge in [-0.25, -0.2) is 9.59 Å². The summed E-state index contributed by atoms with van der Waals surface area (Å²) in [6.45, 7) is 0. The van der Waals surface area contributed by atoms with Gasteiger partial charge in [0.2, 0.25) is 0 Å². The van der Waals surface area contributed by atoms with Crippen LogP contribution in [0.2, 0.25) is 0 Å². The van der Waals surface area contributed by atoms with Gasteiger partial charge in [0.1, 0.15) is 0 Å². The Morgan fingerprint density at radius 1 is 0.407 bits per heavy atom. The normalized spacial score (nSPS) is 15.6. The fourth-order valence-corrected chi connectivity index (χ4v) is 1.25. The SMILES string of the molecule is O=C(O)C(F)(F)C(F)(F)C(F)(F)C(F)(F)C(F)(F)C(F)(F)C(F)(F)C(=O)O. The van der Waals surface area contributed by atoms with Crippen LogP contribution in [0.25, 0.3) is 0 Å². The van der Waals surface area contributed by atoms with Crippen molar-refractivity contribution >= 4 is 11.9 Å². The molecule has 0 amide bonds. The van der Waals surface area contributed by atoms with Gasteiger partial charge in [0.05, 0.1) is 0 Å². The lowest BCUT2D eigenvalue weighted by Gasteiger charge is -2.41. The molecule has 0 bridgehead atoms. The molecule has 4 nitrogen and oxygen atoms in total. The van der Waals surface area contributed by atoms with Crippen molar-refractivity contribution in [2.24, 2.45) is 0 Å². The van der Waals surface area contributed by atoms with E-state index in [0.29, 0.717) is 0 Å². The van der Waals surface area contributed by atoms with Gasteiger partial charge in [0.25, 0.3) is 0 Å². The highest BCUT2D eigenvalue weighted by Crippen LogP contribution is 2.62. The predicted octanol–water partition coefficient (Wildman–Crippen LogP) is 3.60.